The summed E-state index contributed by atoms with van der Waals surface area (Å²) in [6.45, 7) is 2.01. The lowest BCUT2D eigenvalue weighted by atomic mass is 10.2. The summed E-state index contributed by atoms with van der Waals surface area (Å²) in [5, 5.41) is 14.6. The molecule has 0 bridgehead atoms. The number of rotatable bonds is 4. The molecule has 0 aliphatic heterocycles. The average molecular weight is 297 g/mol. The number of aliphatic imine (C=N–C) groups is 1. The van der Waals surface area contributed by atoms with Crippen LogP contribution in [0.15, 0.2) is 35.6 Å². The fraction of sp³-hybridized carbons (Fsp3) is 0.143. The molecular weight excluding hydrogens is 282 g/mol. The number of hydrogen-bond acceptors (Lipinski definition) is 4. The normalized spacial score (nSPS) is 11.8. The van der Waals surface area contributed by atoms with Gasteiger partial charge < -0.3 is 5.73 Å². The minimum atomic E-state index is 0.0366. The Morgan fingerprint density at radius 3 is 3.14 bits per heavy atom. The quantitative estimate of drug-likeness (QED) is 0.378. The molecule has 0 radical (unpaired) electrons. The molecule has 0 unspecified atom stereocenters. The van der Waals surface area contributed by atoms with Gasteiger partial charge in [-0.25, -0.2) is 9.67 Å². The highest BCUT2D eigenvalue weighted by molar-refractivity contribution is 5.89. The van der Waals surface area contributed by atoms with Crippen molar-refractivity contribution in [3.05, 3.63) is 36.3 Å². The Morgan fingerprint density at radius 2 is 2.36 bits per heavy atom. The Morgan fingerprint density at radius 1 is 1.50 bits per heavy atom. The number of fused-ring (bicyclic) bond motifs is 1. The smallest absolute Gasteiger partial charge is 0.213 e. The van der Waals surface area contributed by atoms with Crippen molar-refractivity contribution in [1.29, 1.82) is 0 Å². The molecule has 0 saturated carbocycles. The largest absolute Gasteiger partial charge is 0.369 e. The van der Waals surface area contributed by atoms with E-state index in [-0.39, 0.29) is 5.96 Å². The van der Waals surface area contributed by atoms with Crippen LogP contribution >= 0.6 is 0 Å². The van der Waals surface area contributed by atoms with Crippen molar-refractivity contribution in [2.24, 2.45) is 10.7 Å². The molecule has 0 fully saturated rings. The third-order valence-corrected chi connectivity index (χ3v) is 3.30. The van der Waals surface area contributed by atoms with Crippen LogP contribution < -0.4 is 11.1 Å². The minimum absolute atomic E-state index is 0.0366. The number of carbonyl (C=O) groups is 1. The second-order valence-corrected chi connectivity index (χ2v) is 4.64. The van der Waals surface area contributed by atoms with Crippen molar-refractivity contribution >= 4 is 29.0 Å². The van der Waals surface area contributed by atoms with Crippen LogP contribution in [-0.4, -0.2) is 32.3 Å². The molecule has 0 atom stereocenters. The van der Waals surface area contributed by atoms with Gasteiger partial charge >= 0.3 is 0 Å². The summed E-state index contributed by atoms with van der Waals surface area (Å²) in [6.07, 6.45) is 4.59. The maximum absolute atomic E-state index is 10.4. The number of benzene rings is 1. The van der Waals surface area contributed by atoms with Gasteiger partial charge in [0.2, 0.25) is 6.41 Å². The molecule has 3 rings (SSSR count). The number of aromatic nitrogens is 4. The van der Waals surface area contributed by atoms with Crippen LogP contribution in [0.3, 0.4) is 0 Å². The van der Waals surface area contributed by atoms with Crippen molar-refractivity contribution in [3.63, 3.8) is 0 Å². The zero-order valence-corrected chi connectivity index (χ0v) is 11.9. The molecular formula is C14H15N7O. The van der Waals surface area contributed by atoms with Crippen molar-refractivity contribution in [1.82, 2.24) is 25.3 Å². The first-order valence-corrected chi connectivity index (χ1v) is 6.77. The van der Waals surface area contributed by atoms with Gasteiger partial charge in [0, 0.05) is 5.39 Å². The highest BCUT2D eigenvalue weighted by Gasteiger charge is 2.11. The van der Waals surface area contributed by atoms with Crippen LogP contribution in [0.4, 0.5) is 5.69 Å². The predicted molar refractivity (Wildman–Crippen MR) is 83.1 cm³/mol. The van der Waals surface area contributed by atoms with E-state index in [4.69, 9.17) is 5.73 Å². The molecule has 0 aliphatic carbocycles. The summed E-state index contributed by atoms with van der Waals surface area (Å²) in [5.41, 5.74) is 9.01. The summed E-state index contributed by atoms with van der Waals surface area (Å²) in [5.74, 6) is 0.0366. The molecule has 22 heavy (non-hydrogen) atoms. The number of nitrogens with zero attached hydrogens (tertiary/aromatic N) is 4. The van der Waals surface area contributed by atoms with Gasteiger partial charge in [0.1, 0.15) is 5.69 Å². The number of amides is 1. The lowest BCUT2D eigenvalue weighted by molar-refractivity contribution is -0.108. The third kappa shape index (κ3) is 2.41. The van der Waals surface area contributed by atoms with Crippen LogP contribution in [0.2, 0.25) is 0 Å². The molecule has 1 aromatic carbocycles. The number of carbonyl (C=O) groups excluding carboxylic acids is 1. The van der Waals surface area contributed by atoms with E-state index in [9.17, 15) is 4.79 Å². The lowest BCUT2D eigenvalue weighted by Gasteiger charge is -2.07. The molecule has 0 saturated heterocycles. The first-order valence-electron chi connectivity index (χ1n) is 6.77. The van der Waals surface area contributed by atoms with Gasteiger partial charge in [-0.15, -0.1) is 0 Å². The molecule has 2 aromatic heterocycles. The summed E-state index contributed by atoms with van der Waals surface area (Å²) < 4.78 is 1.81. The topological polar surface area (TPSA) is 114 Å². The molecule has 2 heterocycles. The van der Waals surface area contributed by atoms with E-state index < -0.39 is 0 Å². The zero-order chi connectivity index (χ0) is 15.5. The molecule has 8 nitrogen and oxygen atoms in total. The molecule has 8 heteroatoms. The molecule has 4 N–H and O–H groups in total. The number of guanidine groups is 1. The number of nitrogens with two attached hydrogens (primary N) is 1. The van der Waals surface area contributed by atoms with E-state index >= 15 is 0 Å². The highest BCUT2D eigenvalue weighted by Crippen LogP contribution is 2.24. The standard InChI is InChI=1S/C14H15N7O/c1-2-13-12(19-14(15)16-8-22)7-18-21(13)10-3-4-11-9(5-10)6-17-20-11/h3-8H,2H2,1H3,(H,17,20)(H3,15,16,19,22). The van der Waals surface area contributed by atoms with Crippen molar-refractivity contribution < 1.29 is 4.79 Å². The molecule has 0 spiro atoms. The Balaban J connectivity index is 2.05. The van der Waals surface area contributed by atoms with E-state index in [1.807, 2.05) is 25.1 Å². The Bertz CT molecular complexity index is 846. The predicted octanol–water partition coefficient (Wildman–Crippen LogP) is 1.00. The SMILES string of the molecule is CCc1c(N=C(N)NC=O)cnn1-c1ccc2[nH]ncc2c1. The molecule has 3 aromatic rings. The maximum atomic E-state index is 10.4. The monoisotopic (exact) mass is 297 g/mol. The van der Waals surface area contributed by atoms with Gasteiger partial charge in [-0.1, -0.05) is 6.92 Å². The number of nitrogens with one attached hydrogen (secondary N) is 2. The summed E-state index contributed by atoms with van der Waals surface area (Å²) >= 11 is 0. The average Bonchev–Trinajstić information content (AvgIpc) is 3.12. The van der Waals surface area contributed by atoms with Crippen LogP contribution in [0, 0.1) is 0 Å². The second-order valence-electron chi connectivity index (χ2n) is 4.64. The Hall–Kier alpha value is -3.16. The fourth-order valence-corrected chi connectivity index (χ4v) is 2.30. The highest BCUT2D eigenvalue weighted by atomic mass is 16.1. The van der Waals surface area contributed by atoms with Gasteiger partial charge in [0.15, 0.2) is 5.96 Å². The van der Waals surface area contributed by atoms with E-state index in [0.717, 1.165) is 28.7 Å². The van der Waals surface area contributed by atoms with E-state index in [0.29, 0.717) is 12.1 Å². The molecule has 112 valence electrons. The van der Waals surface area contributed by atoms with Crippen LogP contribution in [0.1, 0.15) is 12.6 Å². The lowest BCUT2D eigenvalue weighted by Crippen LogP contribution is -2.29. The first kappa shape index (κ1) is 13.8. The van der Waals surface area contributed by atoms with Gasteiger partial charge in [0.25, 0.3) is 0 Å². The van der Waals surface area contributed by atoms with E-state index in [2.05, 4.69) is 25.6 Å². The van der Waals surface area contributed by atoms with Crippen molar-refractivity contribution in [3.8, 4) is 5.69 Å². The summed E-state index contributed by atoms with van der Waals surface area (Å²) in [7, 11) is 0. The van der Waals surface area contributed by atoms with Gasteiger partial charge in [-0.05, 0) is 24.6 Å². The zero-order valence-electron chi connectivity index (χ0n) is 11.9. The van der Waals surface area contributed by atoms with Gasteiger partial charge in [-0.2, -0.15) is 10.2 Å². The fourth-order valence-electron chi connectivity index (χ4n) is 2.30. The van der Waals surface area contributed by atoms with E-state index in [1.54, 1.807) is 17.1 Å². The molecule has 1 amide bonds. The molecule has 0 aliphatic rings. The van der Waals surface area contributed by atoms with E-state index in [1.165, 1.54) is 0 Å². The summed E-state index contributed by atoms with van der Waals surface area (Å²) in [6, 6.07) is 5.89. The van der Waals surface area contributed by atoms with Crippen LogP contribution in [0.5, 0.6) is 0 Å². The Labute approximate surface area is 126 Å². The van der Waals surface area contributed by atoms with Crippen LogP contribution in [-0.2, 0) is 11.2 Å². The number of H-pyrrole nitrogens is 1. The van der Waals surface area contributed by atoms with Gasteiger partial charge in [0.05, 0.1) is 29.3 Å². The number of aromatic amines is 1. The number of hydrogen-bond donors (Lipinski definition) is 3. The Kier molecular flexibility index (Phi) is 3.57. The van der Waals surface area contributed by atoms with Crippen molar-refractivity contribution in [2.75, 3.05) is 0 Å². The van der Waals surface area contributed by atoms with Crippen molar-refractivity contribution in [2.45, 2.75) is 13.3 Å². The van der Waals surface area contributed by atoms with Crippen LogP contribution in [0.25, 0.3) is 16.6 Å². The second kappa shape index (κ2) is 5.68. The third-order valence-electron chi connectivity index (χ3n) is 3.30. The van der Waals surface area contributed by atoms with Gasteiger partial charge in [-0.3, -0.25) is 15.2 Å². The summed E-state index contributed by atoms with van der Waals surface area (Å²) in [4.78, 5) is 14.6. The first-order chi connectivity index (χ1) is 10.7. The maximum Gasteiger partial charge on any atom is 0.213 e. The minimum Gasteiger partial charge on any atom is -0.369 e.